The minimum Gasteiger partial charge on any atom is -0.491 e. The fourth-order valence-electron chi connectivity index (χ4n) is 4.95. The molecule has 1 aliphatic heterocycles. The Morgan fingerprint density at radius 1 is 1.05 bits per heavy atom. The van der Waals surface area contributed by atoms with Crippen molar-refractivity contribution < 1.29 is 29.0 Å². The van der Waals surface area contributed by atoms with Crippen molar-refractivity contribution in [2.24, 2.45) is 40.6 Å². The Morgan fingerprint density at radius 3 is 2.30 bits per heavy atom. The van der Waals surface area contributed by atoms with E-state index in [1.807, 2.05) is 26.0 Å². The second-order valence-electron chi connectivity index (χ2n) is 13.0. The molecule has 2 rings (SSSR count). The number of ether oxygens (including phenoxy) is 2. The van der Waals surface area contributed by atoms with Crippen LogP contribution < -0.4 is 26.8 Å². The maximum absolute atomic E-state index is 13.2. The van der Waals surface area contributed by atoms with Gasteiger partial charge in [0, 0.05) is 44.7 Å². The molecule has 4 atom stereocenters. The molecule has 0 bridgehead atoms. The highest BCUT2D eigenvalue weighted by molar-refractivity contribution is 5.96. The van der Waals surface area contributed by atoms with Crippen molar-refractivity contribution in [2.75, 3.05) is 52.5 Å². The lowest BCUT2D eigenvalue weighted by Gasteiger charge is -2.30. The van der Waals surface area contributed by atoms with Gasteiger partial charge in [0.2, 0.25) is 11.8 Å². The first-order chi connectivity index (χ1) is 20.2. The number of hydrogen-bond donors (Lipinski definition) is 5. The number of nitrogens with two attached hydrogens (primary N) is 2. The molecule has 2 unspecified atom stereocenters. The Kier molecular flexibility index (Phi) is 14.9. The van der Waals surface area contributed by atoms with Gasteiger partial charge in [-0.05, 0) is 56.6 Å². The molecule has 244 valence electrons. The summed E-state index contributed by atoms with van der Waals surface area (Å²) in [4.78, 5) is 40.0. The number of aliphatic hydroxyl groups is 1. The minimum atomic E-state index is -0.917. The first kappa shape index (κ1) is 36.5. The number of amides is 3. The maximum Gasteiger partial charge on any atom is 0.255 e. The van der Waals surface area contributed by atoms with E-state index in [4.69, 9.17) is 20.9 Å². The molecule has 0 saturated carbocycles. The first-order valence-electron chi connectivity index (χ1n) is 15.5. The fraction of sp³-hybridized carbons (Fsp3) is 0.719. The van der Waals surface area contributed by atoms with E-state index in [1.54, 1.807) is 26.0 Å². The van der Waals surface area contributed by atoms with Crippen LogP contribution in [0.25, 0.3) is 0 Å². The van der Waals surface area contributed by atoms with Crippen LogP contribution in [-0.4, -0.2) is 92.4 Å². The number of nitrogens with one attached hydrogen (secondary N) is 2. The summed E-state index contributed by atoms with van der Waals surface area (Å²) in [7, 11) is 0. The average Bonchev–Trinajstić information content (AvgIpc) is 2.96. The molecular formula is C32H55N5O6. The molecule has 0 spiro atoms. The van der Waals surface area contributed by atoms with E-state index in [0.29, 0.717) is 30.9 Å². The molecule has 1 heterocycles. The summed E-state index contributed by atoms with van der Waals surface area (Å²) in [5.74, 6) is -0.756. The molecule has 3 amide bonds. The molecule has 43 heavy (non-hydrogen) atoms. The molecule has 11 nitrogen and oxygen atoms in total. The minimum absolute atomic E-state index is 0.00527. The third-order valence-corrected chi connectivity index (χ3v) is 8.45. The Hall–Kier alpha value is -2.73. The van der Waals surface area contributed by atoms with Crippen LogP contribution in [0.1, 0.15) is 64.7 Å². The lowest BCUT2D eigenvalue weighted by atomic mass is 9.83. The van der Waals surface area contributed by atoms with Gasteiger partial charge in [-0.15, -0.1) is 0 Å². The van der Waals surface area contributed by atoms with Crippen LogP contribution in [0.15, 0.2) is 24.3 Å². The first-order valence-corrected chi connectivity index (χ1v) is 15.5. The number of para-hydroxylation sites is 1. The van der Waals surface area contributed by atoms with Crippen molar-refractivity contribution in [3.8, 4) is 5.75 Å². The zero-order valence-corrected chi connectivity index (χ0v) is 26.9. The molecule has 0 aliphatic carbocycles. The molecule has 0 radical (unpaired) electrons. The average molecular weight is 606 g/mol. The molecule has 11 heteroatoms. The van der Waals surface area contributed by atoms with Gasteiger partial charge in [0.1, 0.15) is 12.4 Å². The van der Waals surface area contributed by atoms with Crippen LogP contribution in [0, 0.1) is 29.1 Å². The van der Waals surface area contributed by atoms with Gasteiger partial charge >= 0.3 is 0 Å². The molecule has 1 aliphatic rings. The zero-order valence-electron chi connectivity index (χ0n) is 26.9. The fourth-order valence-corrected chi connectivity index (χ4v) is 4.95. The van der Waals surface area contributed by atoms with Gasteiger partial charge in [-0.2, -0.15) is 0 Å². The number of nitrogens with zero attached hydrogens (tertiary/aromatic N) is 1. The summed E-state index contributed by atoms with van der Waals surface area (Å²) in [5.41, 5.74) is 11.5. The summed E-state index contributed by atoms with van der Waals surface area (Å²) in [5, 5.41) is 16.9. The van der Waals surface area contributed by atoms with Crippen molar-refractivity contribution in [1.82, 2.24) is 15.5 Å². The summed E-state index contributed by atoms with van der Waals surface area (Å²) in [6.45, 7) is 16.2. The second-order valence-corrected chi connectivity index (χ2v) is 13.0. The smallest absolute Gasteiger partial charge is 0.255 e. The molecule has 0 aromatic heterocycles. The van der Waals surface area contributed by atoms with Gasteiger partial charge < -0.3 is 36.7 Å². The van der Waals surface area contributed by atoms with Crippen molar-refractivity contribution in [1.29, 1.82) is 0 Å². The Balaban J connectivity index is 1.93. The number of rotatable bonds is 18. The molecule has 7 N–H and O–H groups in total. The third kappa shape index (κ3) is 12.1. The van der Waals surface area contributed by atoms with Crippen LogP contribution in [0.2, 0.25) is 0 Å². The van der Waals surface area contributed by atoms with Crippen LogP contribution in [-0.2, 0) is 14.3 Å². The Bertz CT molecular complexity index is 1030. The Labute approximate surface area is 257 Å². The van der Waals surface area contributed by atoms with Crippen molar-refractivity contribution >= 4 is 17.7 Å². The van der Waals surface area contributed by atoms with E-state index < -0.39 is 29.4 Å². The number of carbonyl (C=O) groups is 3. The highest BCUT2D eigenvalue weighted by atomic mass is 16.5. The van der Waals surface area contributed by atoms with Crippen molar-refractivity contribution in [2.45, 2.75) is 66.5 Å². The standard InChI is InChI=1S/C32H55N5O6/c1-21(2)23(17-26(33)27(38)18-25(22(3)4)30(40)36-20-32(5,6)31(34)41)19-35-29(39)24-9-7-8-10-28(24)43-16-13-37-11-14-42-15-12-37/h7-10,21-23,25-27,38H,11-20,33H2,1-6H3,(H2,34,41)(H,35,39)(H,36,40)/t23?,25-,26?,27-/m0/s1. The lowest BCUT2D eigenvalue weighted by Crippen LogP contribution is -2.47. The predicted octanol–water partition coefficient (Wildman–Crippen LogP) is 1.77. The van der Waals surface area contributed by atoms with Gasteiger partial charge in [0.25, 0.3) is 5.91 Å². The van der Waals surface area contributed by atoms with Crippen LogP contribution >= 0.6 is 0 Å². The predicted molar refractivity (Wildman–Crippen MR) is 167 cm³/mol. The van der Waals surface area contributed by atoms with E-state index in [0.717, 1.165) is 32.8 Å². The maximum atomic E-state index is 13.2. The van der Waals surface area contributed by atoms with E-state index in [2.05, 4.69) is 29.4 Å². The normalized spacial score (nSPS) is 17.3. The SMILES string of the molecule is CC(C)C(CNC(=O)c1ccccc1OCCN1CCOCC1)CC(N)[C@@H](O)C[C@H](C(=O)NCC(C)(C)C(N)=O)C(C)C. The van der Waals surface area contributed by atoms with Crippen LogP contribution in [0.5, 0.6) is 5.75 Å². The summed E-state index contributed by atoms with van der Waals surface area (Å²) < 4.78 is 11.4. The molecule has 1 aromatic carbocycles. The number of hydrogen-bond acceptors (Lipinski definition) is 8. The second kappa shape index (κ2) is 17.5. The lowest BCUT2D eigenvalue weighted by molar-refractivity contribution is -0.130. The summed E-state index contributed by atoms with van der Waals surface area (Å²) in [6.07, 6.45) is -0.258. The Morgan fingerprint density at radius 2 is 1.70 bits per heavy atom. The van der Waals surface area contributed by atoms with E-state index in [9.17, 15) is 19.5 Å². The quantitative estimate of drug-likeness (QED) is 0.169. The summed E-state index contributed by atoms with van der Waals surface area (Å²) >= 11 is 0. The van der Waals surface area contributed by atoms with Crippen LogP contribution in [0.4, 0.5) is 0 Å². The molecular weight excluding hydrogens is 550 g/mol. The highest BCUT2D eigenvalue weighted by Gasteiger charge is 2.32. The van der Waals surface area contributed by atoms with Gasteiger partial charge in [-0.25, -0.2) is 0 Å². The van der Waals surface area contributed by atoms with Crippen molar-refractivity contribution in [3.05, 3.63) is 29.8 Å². The van der Waals surface area contributed by atoms with Gasteiger partial charge in [0.15, 0.2) is 0 Å². The van der Waals surface area contributed by atoms with Gasteiger partial charge in [-0.3, -0.25) is 19.3 Å². The van der Waals surface area contributed by atoms with Gasteiger partial charge in [-0.1, -0.05) is 39.8 Å². The largest absolute Gasteiger partial charge is 0.491 e. The topological polar surface area (TPSA) is 169 Å². The molecule has 1 fully saturated rings. The van der Waals surface area contributed by atoms with E-state index >= 15 is 0 Å². The third-order valence-electron chi connectivity index (χ3n) is 8.45. The molecule has 1 saturated heterocycles. The van der Waals surface area contributed by atoms with Gasteiger partial charge in [0.05, 0.1) is 30.3 Å². The monoisotopic (exact) mass is 605 g/mol. The van der Waals surface area contributed by atoms with Crippen LogP contribution in [0.3, 0.4) is 0 Å². The number of aliphatic hydroxyl groups excluding tert-OH is 1. The summed E-state index contributed by atoms with van der Waals surface area (Å²) in [6, 6.07) is 6.63. The number of morpholine rings is 1. The number of primary amides is 1. The van der Waals surface area contributed by atoms with E-state index in [-0.39, 0.29) is 42.5 Å². The highest BCUT2D eigenvalue weighted by Crippen LogP contribution is 2.24. The van der Waals surface area contributed by atoms with Crippen molar-refractivity contribution in [3.63, 3.8) is 0 Å². The molecule has 1 aromatic rings. The number of carbonyl (C=O) groups excluding carboxylic acids is 3. The van der Waals surface area contributed by atoms with E-state index in [1.165, 1.54) is 0 Å². The zero-order chi connectivity index (χ0) is 32.2. The number of benzene rings is 1.